The highest BCUT2D eigenvalue weighted by atomic mass is 35.5. The number of rotatable bonds is 4. The summed E-state index contributed by atoms with van der Waals surface area (Å²) in [7, 11) is -3.71. The van der Waals surface area contributed by atoms with E-state index in [1.54, 1.807) is 48.8 Å². The molecule has 0 aliphatic heterocycles. The van der Waals surface area contributed by atoms with Gasteiger partial charge in [-0.2, -0.15) is 0 Å². The summed E-state index contributed by atoms with van der Waals surface area (Å²) in [6.45, 7) is 1.76. The van der Waals surface area contributed by atoms with E-state index in [1.807, 2.05) is 11.4 Å². The van der Waals surface area contributed by atoms with Crippen LogP contribution in [0.4, 0.5) is 5.69 Å². The largest absolute Gasteiger partial charge is 0.280 e. The molecule has 7 heteroatoms. The predicted octanol–water partition coefficient (Wildman–Crippen LogP) is 4.57. The Morgan fingerprint density at radius 3 is 2.70 bits per heavy atom. The number of hydrogen-bond acceptors (Lipinski definition) is 4. The van der Waals surface area contributed by atoms with E-state index < -0.39 is 10.0 Å². The Labute approximate surface area is 143 Å². The first-order chi connectivity index (χ1) is 11.0. The number of thiazole rings is 1. The maximum absolute atomic E-state index is 12.7. The average molecular weight is 365 g/mol. The molecule has 3 aromatic rings. The highest BCUT2D eigenvalue weighted by Crippen LogP contribution is 2.27. The summed E-state index contributed by atoms with van der Waals surface area (Å²) >= 11 is 7.37. The van der Waals surface area contributed by atoms with Crippen LogP contribution < -0.4 is 4.72 Å². The molecule has 4 nitrogen and oxygen atoms in total. The average Bonchev–Trinajstić information content (AvgIpc) is 3.01. The third kappa shape index (κ3) is 3.55. The zero-order chi connectivity index (χ0) is 16.4. The van der Waals surface area contributed by atoms with Crippen molar-refractivity contribution in [3.05, 3.63) is 63.9 Å². The molecular formula is C16H13ClN2O2S2. The number of benzene rings is 2. The predicted molar refractivity (Wildman–Crippen MR) is 94.5 cm³/mol. The number of halogens is 1. The zero-order valence-electron chi connectivity index (χ0n) is 12.2. The second-order valence-corrected chi connectivity index (χ2v) is 7.78. The lowest BCUT2D eigenvalue weighted by atomic mass is 10.1. The molecule has 0 amide bonds. The number of anilines is 1. The maximum Gasteiger partial charge on any atom is 0.262 e. The molecule has 3 rings (SSSR count). The van der Waals surface area contributed by atoms with Crippen LogP contribution in [-0.4, -0.2) is 13.4 Å². The van der Waals surface area contributed by atoms with Crippen LogP contribution in [0.1, 0.15) is 5.56 Å². The molecule has 0 bridgehead atoms. The van der Waals surface area contributed by atoms with Crippen LogP contribution in [-0.2, 0) is 10.0 Å². The summed E-state index contributed by atoms with van der Waals surface area (Å²) in [6, 6.07) is 11.9. The minimum atomic E-state index is -3.71. The lowest BCUT2D eigenvalue weighted by molar-refractivity contribution is 0.600. The van der Waals surface area contributed by atoms with Gasteiger partial charge in [0.25, 0.3) is 10.0 Å². The third-order valence-corrected chi connectivity index (χ3v) is 5.63. The van der Waals surface area contributed by atoms with Crippen molar-refractivity contribution in [1.82, 2.24) is 4.98 Å². The third-order valence-electron chi connectivity index (χ3n) is 3.28. The lowest BCUT2D eigenvalue weighted by Gasteiger charge is -2.12. The molecule has 0 unspecified atom stereocenters. The Kier molecular flexibility index (Phi) is 4.39. The topological polar surface area (TPSA) is 59.1 Å². The fraction of sp³-hybridized carbons (Fsp3) is 0.0625. The first-order valence-corrected chi connectivity index (χ1v) is 9.54. The molecule has 23 heavy (non-hydrogen) atoms. The van der Waals surface area contributed by atoms with E-state index >= 15 is 0 Å². The summed E-state index contributed by atoms with van der Waals surface area (Å²) in [5.41, 5.74) is 4.33. The van der Waals surface area contributed by atoms with E-state index in [-0.39, 0.29) is 4.90 Å². The van der Waals surface area contributed by atoms with E-state index in [9.17, 15) is 8.42 Å². The molecule has 0 fully saturated rings. The SMILES string of the molecule is Cc1ccc(-c2cscn2)cc1S(=O)(=O)Nc1cccc(Cl)c1. The number of aryl methyl sites for hydroxylation is 1. The van der Waals surface area contributed by atoms with Crippen molar-refractivity contribution >= 4 is 38.6 Å². The molecule has 118 valence electrons. The summed E-state index contributed by atoms with van der Waals surface area (Å²) < 4.78 is 27.9. The van der Waals surface area contributed by atoms with E-state index in [2.05, 4.69) is 9.71 Å². The molecular weight excluding hydrogens is 352 g/mol. The van der Waals surface area contributed by atoms with Gasteiger partial charge < -0.3 is 0 Å². The Balaban J connectivity index is 2.01. The van der Waals surface area contributed by atoms with Crippen LogP contribution in [0.25, 0.3) is 11.3 Å². The van der Waals surface area contributed by atoms with Gasteiger partial charge in [0.15, 0.2) is 0 Å². The van der Waals surface area contributed by atoms with Crippen LogP contribution in [0.2, 0.25) is 5.02 Å². The highest BCUT2D eigenvalue weighted by molar-refractivity contribution is 7.92. The number of nitrogens with zero attached hydrogens (tertiary/aromatic N) is 1. The molecule has 0 spiro atoms. The summed E-state index contributed by atoms with van der Waals surface area (Å²) in [5, 5.41) is 2.35. The van der Waals surface area contributed by atoms with Gasteiger partial charge in [-0.05, 0) is 36.8 Å². The van der Waals surface area contributed by atoms with Crippen LogP contribution in [0.5, 0.6) is 0 Å². The van der Waals surface area contributed by atoms with Crippen LogP contribution in [0.15, 0.2) is 58.3 Å². The number of hydrogen-bond donors (Lipinski definition) is 1. The Bertz CT molecular complexity index is 938. The maximum atomic E-state index is 12.7. The number of nitrogens with one attached hydrogen (secondary N) is 1. The first-order valence-electron chi connectivity index (χ1n) is 6.73. The second kappa shape index (κ2) is 6.31. The van der Waals surface area contributed by atoms with E-state index in [0.29, 0.717) is 16.3 Å². The quantitative estimate of drug-likeness (QED) is 0.737. The van der Waals surface area contributed by atoms with E-state index in [1.165, 1.54) is 11.3 Å². The van der Waals surface area contributed by atoms with E-state index in [0.717, 1.165) is 11.3 Å². The van der Waals surface area contributed by atoms with Gasteiger partial charge in [-0.25, -0.2) is 13.4 Å². The molecule has 0 radical (unpaired) electrons. The first kappa shape index (κ1) is 16.0. The van der Waals surface area contributed by atoms with Crippen molar-refractivity contribution in [2.24, 2.45) is 0 Å². The minimum absolute atomic E-state index is 0.225. The van der Waals surface area contributed by atoms with Gasteiger partial charge in [-0.15, -0.1) is 11.3 Å². The smallest absolute Gasteiger partial charge is 0.262 e. The standard InChI is InChI=1S/C16H13ClN2O2S2/c1-11-5-6-12(15-9-22-10-18-15)7-16(11)23(20,21)19-14-4-2-3-13(17)8-14/h2-10,19H,1H3. The van der Waals surface area contributed by atoms with Gasteiger partial charge >= 0.3 is 0 Å². The van der Waals surface area contributed by atoms with Crippen LogP contribution >= 0.6 is 22.9 Å². The van der Waals surface area contributed by atoms with Gasteiger partial charge in [-0.1, -0.05) is 29.8 Å². The molecule has 1 heterocycles. The van der Waals surface area contributed by atoms with Crippen LogP contribution in [0.3, 0.4) is 0 Å². The van der Waals surface area contributed by atoms with Gasteiger partial charge in [-0.3, -0.25) is 4.72 Å². The molecule has 2 aromatic carbocycles. The molecule has 1 aromatic heterocycles. The summed E-state index contributed by atoms with van der Waals surface area (Å²) in [4.78, 5) is 4.45. The number of aromatic nitrogens is 1. The summed E-state index contributed by atoms with van der Waals surface area (Å²) in [5.74, 6) is 0. The van der Waals surface area contributed by atoms with Crippen LogP contribution in [0, 0.1) is 6.92 Å². The molecule has 1 N–H and O–H groups in total. The zero-order valence-corrected chi connectivity index (χ0v) is 14.5. The van der Waals surface area contributed by atoms with Gasteiger partial charge in [0.1, 0.15) is 0 Å². The normalized spacial score (nSPS) is 11.4. The van der Waals surface area contributed by atoms with Crippen molar-refractivity contribution in [2.75, 3.05) is 4.72 Å². The van der Waals surface area contributed by atoms with Gasteiger partial charge in [0, 0.05) is 16.0 Å². The Hall–Kier alpha value is -1.89. The Morgan fingerprint density at radius 1 is 1.17 bits per heavy atom. The molecule has 0 saturated carbocycles. The van der Waals surface area contributed by atoms with Gasteiger partial charge in [0.2, 0.25) is 0 Å². The summed E-state index contributed by atoms with van der Waals surface area (Å²) in [6.07, 6.45) is 0. The van der Waals surface area contributed by atoms with Crippen molar-refractivity contribution in [2.45, 2.75) is 11.8 Å². The molecule has 0 atom stereocenters. The monoisotopic (exact) mass is 364 g/mol. The molecule has 0 saturated heterocycles. The fourth-order valence-electron chi connectivity index (χ4n) is 2.17. The van der Waals surface area contributed by atoms with E-state index in [4.69, 9.17) is 11.6 Å². The number of sulfonamides is 1. The second-order valence-electron chi connectivity index (χ2n) is 4.97. The highest BCUT2D eigenvalue weighted by Gasteiger charge is 2.18. The minimum Gasteiger partial charge on any atom is -0.280 e. The van der Waals surface area contributed by atoms with Crippen molar-refractivity contribution in [3.63, 3.8) is 0 Å². The Morgan fingerprint density at radius 2 is 2.00 bits per heavy atom. The molecule has 0 aliphatic carbocycles. The van der Waals surface area contributed by atoms with Crippen molar-refractivity contribution in [1.29, 1.82) is 0 Å². The van der Waals surface area contributed by atoms with Crippen molar-refractivity contribution in [3.8, 4) is 11.3 Å². The van der Waals surface area contributed by atoms with Crippen molar-refractivity contribution < 1.29 is 8.42 Å². The molecule has 0 aliphatic rings. The lowest BCUT2D eigenvalue weighted by Crippen LogP contribution is -2.14. The fourth-order valence-corrected chi connectivity index (χ4v) is 4.24. The van der Waals surface area contributed by atoms with Gasteiger partial charge in [0.05, 0.1) is 21.8 Å².